The largest absolute Gasteiger partial charge is 0.204 e. The van der Waals surface area contributed by atoms with Crippen LogP contribution in [0.15, 0.2) is 18.2 Å². The summed E-state index contributed by atoms with van der Waals surface area (Å²) in [4.78, 5) is 0. The van der Waals surface area contributed by atoms with Crippen LogP contribution < -0.4 is 0 Å². The van der Waals surface area contributed by atoms with Gasteiger partial charge in [-0.2, -0.15) is 0 Å². The average molecular weight is 208 g/mol. The van der Waals surface area contributed by atoms with E-state index in [4.69, 9.17) is 6.42 Å². The standard InChI is InChI=1S/C13H14F2/c1-3-6-10(7-4-2)11-8-5-9-12(14)13(11)15/h1,5,8-10H,4,6-7H2,2H3. The van der Waals surface area contributed by atoms with Crippen molar-refractivity contribution in [3.05, 3.63) is 35.4 Å². The van der Waals surface area contributed by atoms with E-state index in [1.54, 1.807) is 6.07 Å². The summed E-state index contributed by atoms with van der Waals surface area (Å²) in [5, 5.41) is 0. The monoisotopic (exact) mass is 208 g/mol. The second kappa shape index (κ2) is 5.50. The summed E-state index contributed by atoms with van der Waals surface area (Å²) in [5.74, 6) is 0.877. The van der Waals surface area contributed by atoms with Crippen LogP contribution in [0.3, 0.4) is 0 Å². The second-order valence-electron chi connectivity index (χ2n) is 3.54. The van der Waals surface area contributed by atoms with Gasteiger partial charge < -0.3 is 0 Å². The number of benzene rings is 1. The van der Waals surface area contributed by atoms with E-state index in [-0.39, 0.29) is 5.92 Å². The van der Waals surface area contributed by atoms with Gasteiger partial charge in [-0.25, -0.2) is 8.78 Å². The lowest BCUT2D eigenvalue weighted by molar-refractivity contribution is 0.481. The molecule has 0 saturated heterocycles. The number of hydrogen-bond acceptors (Lipinski definition) is 0. The summed E-state index contributed by atoms with van der Waals surface area (Å²) in [6.45, 7) is 2.00. The molecular weight excluding hydrogens is 194 g/mol. The molecule has 1 unspecified atom stereocenters. The van der Waals surface area contributed by atoms with Crippen LogP contribution in [-0.4, -0.2) is 0 Å². The first-order chi connectivity index (χ1) is 7.20. The van der Waals surface area contributed by atoms with Crippen LogP contribution in [-0.2, 0) is 0 Å². The molecule has 0 bridgehead atoms. The predicted octanol–water partition coefficient (Wildman–Crippen LogP) is 3.87. The molecule has 0 aliphatic heterocycles. The zero-order valence-electron chi connectivity index (χ0n) is 8.76. The highest BCUT2D eigenvalue weighted by atomic mass is 19.2. The first-order valence-corrected chi connectivity index (χ1v) is 5.08. The van der Waals surface area contributed by atoms with Crippen molar-refractivity contribution in [1.82, 2.24) is 0 Å². The summed E-state index contributed by atoms with van der Waals surface area (Å²) >= 11 is 0. The quantitative estimate of drug-likeness (QED) is 0.659. The van der Waals surface area contributed by atoms with Gasteiger partial charge in [0.05, 0.1) is 0 Å². The molecule has 1 aromatic carbocycles. The Kier molecular flexibility index (Phi) is 4.30. The van der Waals surface area contributed by atoms with Crippen LogP contribution in [0.1, 0.15) is 37.7 Å². The van der Waals surface area contributed by atoms with E-state index >= 15 is 0 Å². The topological polar surface area (TPSA) is 0 Å². The number of rotatable bonds is 4. The summed E-state index contributed by atoms with van der Waals surface area (Å²) in [6, 6.07) is 4.25. The molecule has 0 aliphatic carbocycles. The zero-order chi connectivity index (χ0) is 11.3. The molecule has 1 aromatic rings. The first-order valence-electron chi connectivity index (χ1n) is 5.08. The average Bonchev–Trinajstić information content (AvgIpc) is 2.22. The zero-order valence-corrected chi connectivity index (χ0v) is 8.76. The van der Waals surface area contributed by atoms with E-state index in [1.807, 2.05) is 6.92 Å². The third-order valence-electron chi connectivity index (χ3n) is 2.42. The van der Waals surface area contributed by atoms with Crippen molar-refractivity contribution in [3.63, 3.8) is 0 Å². The number of terminal acetylenes is 1. The minimum Gasteiger partial charge on any atom is -0.204 e. The molecule has 0 radical (unpaired) electrons. The second-order valence-corrected chi connectivity index (χ2v) is 3.54. The van der Waals surface area contributed by atoms with Gasteiger partial charge in [0.2, 0.25) is 0 Å². The van der Waals surface area contributed by atoms with Crippen molar-refractivity contribution in [1.29, 1.82) is 0 Å². The molecule has 2 heteroatoms. The fourth-order valence-electron chi connectivity index (χ4n) is 1.69. The van der Waals surface area contributed by atoms with Gasteiger partial charge in [-0.1, -0.05) is 25.5 Å². The normalized spacial score (nSPS) is 12.1. The molecule has 0 aliphatic rings. The lowest BCUT2D eigenvalue weighted by Crippen LogP contribution is -2.02. The molecule has 0 nitrogen and oxygen atoms in total. The SMILES string of the molecule is C#CCC(CCC)c1cccc(F)c1F. The predicted molar refractivity (Wildman–Crippen MR) is 57.5 cm³/mol. The molecule has 1 atom stereocenters. The Bertz CT molecular complexity index is 363. The minimum atomic E-state index is -0.800. The van der Waals surface area contributed by atoms with Crippen molar-refractivity contribution < 1.29 is 8.78 Å². The molecule has 0 saturated carbocycles. The molecule has 15 heavy (non-hydrogen) atoms. The number of hydrogen-bond donors (Lipinski definition) is 0. The molecule has 0 N–H and O–H groups in total. The lowest BCUT2D eigenvalue weighted by atomic mass is 9.91. The van der Waals surface area contributed by atoms with Gasteiger partial charge in [0, 0.05) is 6.42 Å². The van der Waals surface area contributed by atoms with E-state index in [2.05, 4.69) is 5.92 Å². The van der Waals surface area contributed by atoms with Crippen molar-refractivity contribution in [3.8, 4) is 12.3 Å². The van der Waals surface area contributed by atoms with Crippen LogP contribution >= 0.6 is 0 Å². The minimum absolute atomic E-state index is 0.0734. The van der Waals surface area contributed by atoms with Crippen LogP contribution in [0.25, 0.3) is 0 Å². The van der Waals surface area contributed by atoms with Crippen molar-refractivity contribution in [2.24, 2.45) is 0 Å². The highest BCUT2D eigenvalue weighted by Crippen LogP contribution is 2.27. The van der Waals surface area contributed by atoms with Crippen LogP contribution in [0.5, 0.6) is 0 Å². The number of halogens is 2. The van der Waals surface area contributed by atoms with Gasteiger partial charge >= 0.3 is 0 Å². The molecule has 0 spiro atoms. The summed E-state index contributed by atoms with van der Waals surface area (Å²) < 4.78 is 26.4. The maximum atomic E-state index is 13.5. The van der Waals surface area contributed by atoms with Crippen molar-refractivity contribution in [2.75, 3.05) is 0 Å². The Morgan fingerprint density at radius 1 is 1.40 bits per heavy atom. The van der Waals surface area contributed by atoms with E-state index < -0.39 is 11.6 Å². The highest BCUT2D eigenvalue weighted by Gasteiger charge is 2.16. The van der Waals surface area contributed by atoms with E-state index in [0.29, 0.717) is 12.0 Å². The fraction of sp³-hybridized carbons (Fsp3) is 0.385. The van der Waals surface area contributed by atoms with Gasteiger partial charge in [0.1, 0.15) is 0 Å². The summed E-state index contributed by atoms with van der Waals surface area (Å²) in [5.41, 5.74) is 0.398. The van der Waals surface area contributed by atoms with Crippen molar-refractivity contribution >= 4 is 0 Å². The molecule has 0 heterocycles. The lowest BCUT2D eigenvalue weighted by Gasteiger charge is -2.14. The van der Waals surface area contributed by atoms with E-state index in [0.717, 1.165) is 18.9 Å². The van der Waals surface area contributed by atoms with Crippen molar-refractivity contribution in [2.45, 2.75) is 32.1 Å². The highest BCUT2D eigenvalue weighted by molar-refractivity contribution is 5.24. The van der Waals surface area contributed by atoms with Gasteiger partial charge in [0.15, 0.2) is 11.6 Å². The first kappa shape index (κ1) is 11.7. The van der Waals surface area contributed by atoms with Crippen LogP contribution in [0.2, 0.25) is 0 Å². The molecule has 0 aromatic heterocycles. The smallest absolute Gasteiger partial charge is 0.162 e. The molecule has 0 amide bonds. The molecule has 80 valence electrons. The van der Waals surface area contributed by atoms with Crippen LogP contribution in [0, 0.1) is 24.0 Å². The molecule has 1 rings (SSSR count). The Balaban J connectivity index is 3.00. The Morgan fingerprint density at radius 2 is 2.13 bits per heavy atom. The van der Waals surface area contributed by atoms with Gasteiger partial charge in [-0.15, -0.1) is 12.3 Å². The summed E-state index contributed by atoms with van der Waals surface area (Å²) in [6.07, 6.45) is 7.36. The Morgan fingerprint density at radius 3 is 2.73 bits per heavy atom. The summed E-state index contributed by atoms with van der Waals surface area (Å²) in [7, 11) is 0. The molecular formula is C13H14F2. The van der Waals surface area contributed by atoms with Gasteiger partial charge in [0.25, 0.3) is 0 Å². The Labute approximate surface area is 89.3 Å². The third kappa shape index (κ3) is 2.79. The fourth-order valence-corrected chi connectivity index (χ4v) is 1.69. The third-order valence-corrected chi connectivity index (χ3v) is 2.42. The van der Waals surface area contributed by atoms with Crippen LogP contribution in [0.4, 0.5) is 8.78 Å². The van der Waals surface area contributed by atoms with Gasteiger partial charge in [-0.05, 0) is 24.0 Å². The maximum absolute atomic E-state index is 13.5. The maximum Gasteiger partial charge on any atom is 0.162 e. The Hall–Kier alpha value is -1.36. The molecule has 0 fully saturated rings. The van der Waals surface area contributed by atoms with E-state index in [9.17, 15) is 8.78 Å². The van der Waals surface area contributed by atoms with E-state index in [1.165, 1.54) is 6.07 Å². The van der Waals surface area contributed by atoms with Gasteiger partial charge in [-0.3, -0.25) is 0 Å².